The van der Waals surface area contributed by atoms with Crippen LogP contribution in [0.25, 0.3) is 0 Å². The predicted molar refractivity (Wildman–Crippen MR) is 105 cm³/mol. The van der Waals surface area contributed by atoms with Gasteiger partial charge in [0.2, 0.25) is 5.91 Å². The van der Waals surface area contributed by atoms with Crippen LogP contribution in [0, 0.1) is 11.8 Å². The van der Waals surface area contributed by atoms with E-state index in [1.165, 1.54) is 5.56 Å². The Balaban J connectivity index is 1.61. The third-order valence-corrected chi connectivity index (χ3v) is 4.08. The molecule has 0 bridgehead atoms. The van der Waals surface area contributed by atoms with Crippen LogP contribution in [0.4, 0.5) is 0 Å². The van der Waals surface area contributed by atoms with Gasteiger partial charge in [-0.15, -0.1) is 0 Å². The van der Waals surface area contributed by atoms with E-state index in [-0.39, 0.29) is 11.8 Å². The third-order valence-electron chi connectivity index (χ3n) is 4.08. The van der Waals surface area contributed by atoms with Crippen LogP contribution >= 0.6 is 0 Å². The topological polar surface area (TPSA) is 74.8 Å². The molecule has 0 aliphatic heterocycles. The van der Waals surface area contributed by atoms with Crippen LogP contribution in [0.5, 0.6) is 0 Å². The van der Waals surface area contributed by atoms with Gasteiger partial charge in [0.1, 0.15) is 0 Å². The summed E-state index contributed by atoms with van der Waals surface area (Å²) < 4.78 is 5.77. The molecule has 1 fully saturated rings. The minimum Gasteiger partial charge on any atom is -0.376 e. The lowest BCUT2D eigenvalue weighted by Crippen LogP contribution is -2.42. The molecule has 0 spiro atoms. The van der Waals surface area contributed by atoms with E-state index < -0.39 is 0 Å². The summed E-state index contributed by atoms with van der Waals surface area (Å²) in [6.07, 6.45) is 2.07. The zero-order valence-electron chi connectivity index (χ0n) is 16.0. The molecular weight excluding hydrogens is 328 g/mol. The van der Waals surface area contributed by atoms with Crippen LogP contribution in [-0.4, -0.2) is 44.7 Å². The Hall–Kier alpha value is -2.08. The molecule has 0 aromatic heterocycles. The van der Waals surface area contributed by atoms with Crippen LogP contribution in [0.1, 0.15) is 32.3 Å². The summed E-state index contributed by atoms with van der Waals surface area (Å²) in [6.45, 7) is 8.27. The number of aliphatic imine (C=N–C) groups is 1. The minimum absolute atomic E-state index is 0.179. The van der Waals surface area contributed by atoms with Crippen molar-refractivity contribution in [2.75, 3.05) is 32.8 Å². The maximum absolute atomic E-state index is 11.6. The van der Waals surface area contributed by atoms with Gasteiger partial charge in [0.15, 0.2) is 5.96 Å². The van der Waals surface area contributed by atoms with Crippen molar-refractivity contribution < 1.29 is 9.53 Å². The first-order valence-corrected chi connectivity index (χ1v) is 9.60. The van der Waals surface area contributed by atoms with Crippen molar-refractivity contribution in [3.05, 3.63) is 35.9 Å². The summed E-state index contributed by atoms with van der Waals surface area (Å²) in [5, 5.41) is 9.43. The van der Waals surface area contributed by atoms with Gasteiger partial charge in [-0.2, -0.15) is 0 Å². The molecule has 0 heterocycles. The van der Waals surface area contributed by atoms with Crippen molar-refractivity contribution in [3.63, 3.8) is 0 Å². The summed E-state index contributed by atoms with van der Waals surface area (Å²) in [5.41, 5.74) is 1.19. The van der Waals surface area contributed by atoms with Crippen LogP contribution < -0.4 is 16.0 Å². The van der Waals surface area contributed by atoms with Gasteiger partial charge in [-0.1, -0.05) is 37.3 Å². The van der Waals surface area contributed by atoms with Crippen LogP contribution in [0.2, 0.25) is 0 Å². The van der Waals surface area contributed by atoms with Crippen molar-refractivity contribution in [1.29, 1.82) is 0 Å². The van der Waals surface area contributed by atoms with E-state index in [4.69, 9.17) is 4.74 Å². The van der Waals surface area contributed by atoms with E-state index in [0.29, 0.717) is 38.8 Å². The Morgan fingerprint density at radius 2 is 1.92 bits per heavy atom. The molecule has 1 saturated carbocycles. The summed E-state index contributed by atoms with van der Waals surface area (Å²) >= 11 is 0. The molecule has 6 nitrogen and oxygen atoms in total. The molecule has 6 heteroatoms. The molecule has 1 aromatic rings. The summed E-state index contributed by atoms with van der Waals surface area (Å²) in [5.74, 6) is 1.55. The molecule has 2 rings (SSSR count). The van der Waals surface area contributed by atoms with Crippen LogP contribution in [0.3, 0.4) is 0 Å². The van der Waals surface area contributed by atoms with E-state index in [2.05, 4.69) is 40.0 Å². The van der Waals surface area contributed by atoms with Gasteiger partial charge in [-0.3, -0.25) is 9.79 Å². The van der Waals surface area contributed by atoms with Crippen molar-refractivity contribution in [2.45, 2.75) is 33.3 Å². The van der Waals surface area contributed by atoms with E-state index >= 15 is 0 Å². The normalized spacial score (nSPS) is 15.4. The predicted octanol–water partition coefficient (Wildman–Crippen LogP) is 1.92. The molecule has 1 unspecified atom stereocenters. The Kier molecular flexibility index (Phi) is 8.96. The minimum atomic E-state index is 0.179. The third kappa shape index (κ3) is 8.34. The number of guanidine groups is 1. The molecule has 1 amide bonds. The van der Waals surface area contributed by atoms with Gasteiger partial charge < -0.3 is 20.7 Å². The number of hydrogen-bond donors (Lipinski definition) is 3. The van der Waals surface area contributed by atoms with Gasteiger partial charge in [0.05, 0.1) is 13.2 Å². The fourth-order valence-corrected chi connectivity index (χ4v) is 2.45. The Bertz CT molecular complexity index is 558. The first-order chi connectivity index (χ1) is 12.7. The van der Waals surface area contributed by atoms with Crippen molar-refractivity contribution >= 4 is 11.9 Å². The summed E-state index contributed by atoms with van der Waals surface area (Å²) in [4.78, 5) is 16.2. The second-order valence-electron chi connectivity index (χ2n) is 6.82. The lowest BCUT2D eigenvalue weighted by atomic mass is 10.2. The summed E-state index contributed by atoms with van der Waals surface area (Å²) in [6, 6.07) is 10.2. The van der Waals surface area contributed by atoms with E-state index in [9.17, 15) is 4.79 Å². The smallest absolute Gasteiger partial charge is 0.223 e. The molecule has 26 heavy (non-hydrogen) atoms. The maximum Gasteiger partial charge on any atom is 0.223 e. The van der Waals surface area contributed by atoms with E-state index in [1.807, 2.05) is 25.1 Å². The molecule has 1 aliphatic rings. The number of benzene rings is 1. The molecule has 3 N–H and O–H groups in total. The highest BCUT2D eigenvalue weighted by molar-refractivity contribution is 5.81. The first kappa shape index (κ1) is 20.2. The maximum atomic E-state index is 11.6. The first-order valence-electron chi connectivity index (χ1n) is 9.60. The number of ether oxygens (including phenoxy) is 1. The zero-order valence-corrected chi connectivity index (χ0v) is 16.0. The largest absolute Gasteiger partial charge is 0.376 e. The van der Waals surface area contributed by atoms with Crippen LogP contribution in [0.15, 0.2) is 35.3 Å². The Labute approximate surface area is 156 Å². The Morgan fingerprint density at radius 1 is 1.19 bits per heavy atom. The molecule has 1 atom stereocenters. The van der Waals surface area contributed by atoms with E-state index in [0.717, 1.165) is 25.3 Å². The van der Waals surface area contributed by atoms with E-state index in [1.54, 1.807) is 0 Å². The van der Waals surface area contributed by atoms with Crippen molar-refractivity contribution in [2.24, 2.45) is 16.8 Å². The van der Waals surface area contributed by atoms with Crippen LogP contribution in [-0.2, 0) is 16.1 Å². The fourth-order valence-electron chi connectivity index (χ4n) is 2.45. The number of carbonyl (C=O) groups is 1. The standard InChI is InChI=1S/C20H32N4O2/c1-3-21-20(23-12-11-22-19(25)18-9-10-18)24-13-16(2)14-26-15-17-7-5-4-6-8-17/h4-8,16,18H,3,9-15H2,1-2H3,(H,22,25)(H2,21,23,24). The van der Waals surface area contributed by atoms with Gasteiger partial charge in [-0.25, -0.2) is 0 Å². The van der Waals surface area contributed by atoms with Gasteiger partial charge >= 0.3 is 0 Å². The lowest BCUT2D eigenvalue weighted by molar-refractivity contribution is -0.122. The monoisotopic (exact) mass is 360 g/mol. The second kappa shape index (κ2) is 11.5. The molecule has 0 saturated heterocycles. The number of hydrogen-bond acceptors (Lipinski definition) is 3. The number of nitrogens with one attached hydrogen (secondary N) is 3. The fraction of sp³-hybridized carbons (Fsp3) is 0.600. The average molecular weight is 361 g/mol. The quantitative estimate of drug-likeness (QED) is 0.320. The molecule has 144 valence electrons. The lowest BCUT2D eigenvalue weighted by Gasteiger charge is -2.14. The number of carbonyl (C=O) groups excluding carboxylic acids is 1. The Morgan fingerprint density at radius 3 is 2.62 bits per heavy atom. The number of rotatable bonds is 11. The highest BCUT2D eigenvalue weighted by atomic mass is 16.5. The van der Waals surface area contributed by atoms with Crippen molar-refractivity contribution in [3.8, 4) is 0 Å². The summed E-state index contributed by atoms with van der Waals surface area (Å²) in [7, 11) is 0. The average Bonchev–Trinajstić information content (AvgIpc) is 3.49. The second-order valence-corrected chi connectivity index (χ2v) is 6.82. The SMILES string of the molecule is CCNC(=NCC(C)COCc1ccccc1)NCCNC(=O)C1CC1. The molecule has 1 aliphatic carbocycles. The zero-order chi connectivity index (χ0) is 18.6. The number of nitrogens with zero attached hydrogens (tertiary/aromatic N) is 1. The van der Waals surface area contributed by atoms with Crippen molar-refractivity contribution in [1.82, 2.24) is 16.0 Å². The molecule has 0 radical (unpaired) electrons. The van der Waals surface area contributed by atoms with Gasteiger partial charge in [0, 0.05) is 32.1 Å². The number of amides is 1. The van der Waals surface area contributed by atoms with Gasteiger partial charge in [-0.05, 0) is 31.2 Å². The highest BCUT2D eigenvalue weighted by Gasteiger charge is 2.28. The highest BCUT2D eigenvalue weighted by Crippen LogP contribution is 2.28. The molecule has 1 aromatic carbocycles. The molecular formula is C20H32N4O2. The van der Waals surface area contributed by atoms with Gasteiger partial charge in [0.25, 0.3) is 0 Å².